The summed E-state index contributed by atoms with van der Waals surface area (Å²) in [4.78, 5) is 11.7. The topological polar surface area (TPSA) is 82.2 Å². The Morgan fingerprint density at radius 1 is 1.33 bits per heavy atom. The number of aromatic nitrogens is 1. The minimum absolute atomic E-state index is 0.0705. The summed E-state index contributed by atoms with van der Waals surface area (Å²) in [6, 6.07) is 1.42. The van der Waals surface area contributed by atoms with Crippen molar-refractivity contribution in [3.63, 3.8) is 0 Å². The molecule has 0 saturated carbocycles. The van der Waals surface area contributed by atoms with Gasteiger partial charge in [-0.2, -0.15) is 0 Å². The fourth-order valence-electron chi connectivity index (χ4n) is 1.38. The zero-order valence-electron chi connectivity index (χ0n) is 11.2. The van der Waals surface area contributed by atoms with E-state index in [1.165, 1.54) is 16.8 Å². The number of rotatable bonds is 3. The maximum Gasteiger partial charge on any atom is 0.250 e. The molecule has 0 aliphatic heterocycles. The summed E-state index contributed by atoms with van der Waals surface area (Å²) in [5.41, 5.74) is 6.67. The molecule has 0 unspecified atom stereocenters. The van der Waals surface area contributed by atoms with Gasteiger partial charge in [0.1, 0.15) is 0 Å². The molecule has 0 saturated heterocycles. The lowest BCUT2D eigenvalue weighted by Crippen LogP contribution is -2.33. The smallest absolute Gasteiger partial charge is 0.250 e. The average Bonchev–Trinajstić information content (AvgIpc) is 2.20. The Morgan fingerprint density at radius 2 is 1.89 bits per heavy atom. The van der Waals surface area contributed by atoms with Crippen LogP contribution in [-0.2, 0) is 16.4 Å². The van der Waals surface area contributed by atoms with E-state index in [1.54, 1.807) is 27.7 Å². The molecule has 5 nitrogen and oxygen atoms in total. The van der Waals surface area contributed by atoms with Crippen LogP contribution in [0.25, 0.3) is 0 Å². The molecule has 1 aromatic heterocycles. The highest BCUT2D eigenvalue weighted by Crippen LogP contribution is 2.16. The van der Waals surface area contributed by atoms with Crippen LogP contribution in [0.2, 0.25) is 0 Å². The molecular weight excluding hydrogens is 252 g/mol. The molecule has 0 amide bonds. The first kappa shape index (κ1) is 14.8. The van der Waals surface area contributed by atoms with E-state index in [-0.39, 0.29) is 17.9 Å². The van der Waals surface area contributed by atoms with Crippen LogP contribution in [0.3, 0.4) is 0 Å². The normalized spacial score (nSPS) is 12.7. The van der Waals surface area contributed by atoms with E-state index in [4.69, 9.17) is 5.73 Å². The number of hydrogen-bond acceptors (Lipinski definition) is 4. The molecule has 0 atom stereocenters. The summed E-state index contributed by atoms with van der Waals surface area (Å²) in [5.74, 6) is -0.0705. The second-order valence-corrected chi connectivity index (χ2v) is 8.24. The Balaban J connectivity index is 2.96. The van der Waals surface area contributed by atoms with Gasteiger partial charge in [0.2, 0.25) is 0 Å². The van der Waals surface area contributed by atoms with Gasteiger partial charge < -0.3 is 10.3 Å². The van der Waals surface area contributed by atoms with Gasteiger partial charge in [-0.05, 0) is 33.3 Å². The minimum atomic E-state index is -3.24. The van der Waals surface area contributed by atoms with E-state index in [0.717, 1.165) is 0 Å². The SMILES string of the molecule is Cc1cc(=O)n(CCS(=O)(=O)C(C)(C)C)cc1N. The van der Waals surface area contributed by atoms with Crippen molar-refractivity contribution < 1.29 is 8.42 Å². The van der Waals surface area contributed by atoms with E-state index in [0.29, 0.717) is 11.3 Å². The van der Waals surface area contributed by atoms with Crippen molar-refractivity contribution in [3.05, 3.63) is 28.2 Å². The van der Waals surface area contributed by atoms with E-state index >= 15 is 0 Å². The molecule has 1 aromatic rings. The van der Waals surface area contributed by atoms with Gasteiger partial charge >= 0.3 is 0 Å². The molecule has 2 N–H and O–H groups in total. The third-order valence-electron chi connectivity index (χ3n) is 2.91. The fourth-order valence-corrected chi connectivity index (χ4v) is 2.43. The average molecular weight is 272 g/mol. The van der Waals surface area contributed by atoms with E-state index in [1.807, 2.05) is 0 Å². The van der Waals surface area contributed by atoms with Crippen molar-refractivity contribution in [2.75, 3.05) is 11.5 Å². The number of nitrogens with two attached hydrogens (primary N) is 1. The van der Waals surface area contributed by atoms with E-state index < -0.39 is 14.6 Å². The number of nitrogens with zero attached hydrogens (tertiary/aromatic N) is 1. The monoisotopic (exact) mass is 272 g/mol. The highest BCUT2D eigenvalue weighted by atomic mass is 32.2. The van der Waals surface area contributed by atoms with Crippen LogP contribution in [0, 0.1) is 6.92 Å². The first-order chi connectivity index (χ1) is 8.04. The van der Waals surface area contributed by atoms with Crippen LogP contribution in [0.4, 0.5) is 5.69 Å². The van der Waals surface area contributed by atoms with Gasteiger partial charge in [0.25, 0.3) is 5.56 Å². The molecule has 0 aliphatic rings. The molecule has 6 heteroatoms. The first-order valence-corrected chi connectivity index (χ1v) is 7.39. The highest BCUT2D eigenvalue weighted by molar-refractivity contribution is 7.92. The van der Waals surface area contributed by atoms with Crippen LogP contribution in [0.5, 0.6) is 0 Å². The standard InChI is InChI=1S/C12H20N2O3S/c1-9-7-11(15)14(8-10(9)13)5-6-18(16,17)12(2,3)4/h7-8H,5-6,13H2,1-4H3. The molecule has 0 aliphatic carbocycles. The molecule has 18 heavy (non-hydrogen) atoms. The van der Waals surface area contributed by atoms with Crippen molar-refractivity contribution in [1.82, 2.24) is 4.57 Å². The third-order valence-corrected chi connectivity index (χ3v) is 5.49. The number of hydrogen-bond donors (Lipinski definition) is 1. The van der Waals surface area contributed by atoms with Crippen LogP contribution in [0.15, 0.2) is 17.1 Å². The zero-order valence-corrected chi connectivity index (χ0v) is 12.0. The molecule has 0 aromatic carbocycles. The second-order valence-electron chi connectivity index (χ2n) is 5.37. The summed E-state index contributed by atoms with van der Waals surface area (Å²) in [6.07, 6.45) is 1.50. The summed E-state index contributed by atoms with van der Waals surface area (Å²) < 4.78 is 24.4. The molecule has 1 rings (SSSR count). The predicted octanol–water partition coefficient (Wildman–Crippen LogP) is 0.952. The molecule has 0 radical (unpaired) electrons. The predicted molar refractivity (Wildman–Crippen MR) is 73.4 cm³/mol. The Bertz CT molecular complexity index is 595. The van der Waals surface area contributed by atoms with Crippen LogP contribution >= 0.6 is 0 Å². The Labute approximate surface area is 108 Å². The summed E-state index contributed by atoms with van der Waals surface area (Å²) >= 11 is 0. The highest BCUT2D eigenvalue weighted by Gasteiger charge is 2.28. The lowest BCUT2D eigenvalue weighted by molar-refractivity contribution is 0.552. The molecule has 0 spiro atoms. The lowest BCUT2D eigenvalue weighted by atomic mass is 10.2. The molecule has 0 bridgehead atoms. The van der Waals surface area contributed by atoms with Gasteiger partial charge in [0, 0.05) is 18.8 Å². The van der Waals surface area contributed by atoms with Crippen LogP contribution in [0.1, 0.15) is 26.3 Å². The number of aryl methyl sites for hydroxylation is 2. The maximum atomic E-state index is 11.9. The van der Waals surface area contributed by atoms with Gasteiger partial charge in [-0.1, -0.05) is 0 Å². The second kappa shape index (κ2) is 4.76. The maximum absolute atomic E-state index is 11.9. The fraction of sp³-hybridized carbons (Fsp3) is 0.583. The van der Waals surface area contributed by atoms with Gasteiger partial charge in [-0.3, -0.25) is 4.79 Å². The molecular formula is C12H20N2O3S. The number of sulfone groups is 1. The van der Waals surface area contributed by atoms with E-state index in [9.17, 15) is 13.2 Å². The lowest BCUT2D eigenvalue weighted by Gasteiger charge is -2.19. The zero-order chi connectivity index (χ0) is 14.1. The number of pyridine rings is 1. The van der Waals surface area contributed by atoms with Gasteiger partial charge in [-0.25, -0.2) is 8.42 Å². The molecule has 1 heterocycles. The quantitative estimate of drug-likeness (QED) is 0.888. The number of nitrogen functional groups attached to an aromatic ring is 1. The Hall–Kier alpha value is -1.30. The summed E-state index contributed by atoms with van der Waals surface area (Å²) in [7, 11) is -3.24. The van der Waals surface area contributed by atoms with Crippen molar-refractivity contribution in [2.45, 2.75) is 39.0 Å². The minimum Gasteiger partial charge on any atom is -0.397 e. The van der Waals surface area contributed by atoms with Crippen molar-refractivity contribution in [3.8, 4) is 0 Å². The van der Waals surface area contributed by atoms with E-state index in [2.05, 4.69) is 0 Å². The summed E-state index contributed by atoms with van der Waals surface area (Å²) in [6.45, 7) is 6.81. The summed E-state index contributed by atoms with van der Waals surface area (Å²) in [5, 5.41) is 0. The van der Waals surface area contributed by atoms with Crippen molar-refractivity contribution in [1.29, 1.82) is 0 Å². The molecule has 0 fully saturated rings. The van der Waals surface area contributed by atoms with Crippen molar-refractivity contribution >= 4 is 15.5 Å². The van der Waals surface area contributed by atoms with Crippen LogP contribution < -0.4 is 11.3 Å². The van der Waals surface area contributed by atoms with Crippen molar-refractivity contribution in [2.24, 2.45) is 0 Å². The van der Waals surface area contributed by atoms with Crippen LogP contribution in [-0.4, -0.2) is 23.5 Å². The molecule has 102 valence electrons. The largest absolute Gasteiger partial charge is 0.397 e. The first-order valence-electron chi connectivity index (χ1n) is 5.73. The van der Waals surface area contributed by atoms with Gasteiger partial charge in [-0.15, -0.1) is 0 Å². The van der Waals surface area contributed by atoms with Gasteiger partial charge in [0.05, 0.1) is 16.2 Å². The Morgan fingerprint density at radius 3 is 2.39 bits per heavy atom. The Kier molecular flexibility index (Phi) is 3.90. The number of anilines is 1. The van der Waals surface area contributed by atoms with Gasteiger partial charge in [0.15, 0.2) is 9.84 Å². The third kappa shape index (κ3) is 3.13.